The summed E-state index contributed by atoms with van der Waals surface area (Å²) >= 11 is 0. The minimum atomic E-state index is 0.580. The van der Waals surface area contributed by atoms with Gasteiger partial charge in [-0.1, -0.05) is 0 Å². The fourth-order valence-electron chi connectivity index (χ4n) is 2.17. The number of rotatable bonds is 3. The maximum Gasteiger partial charge on any atom is 0.180 e. The van der Waals surface area contributed by atoms with Crippen LogP contribution in [0.5, 0.6) is 0 Å². The molecule has 6 heteroatoms. The maximum atomic E-state index is 5.44. The van der Waals surface area contributed by atoms with Gasteiger partial charge in [-0.05, 0) is 19.3 Å². The fourth-order valence-corrected chi connectivity index (χ4v) is 2.17. The van der Waals surface area contributed by atoms with Gasteiger partial charge in [0.2, 0.25) is 0 Å². The normalized spacial score (nSPS) is 15.9. The summed E-state index contributed by atoms with van der Waals surface area (Å²) in [5.74, 6) is 6.97. The van der Waals surface area contributed by atoms with E-state index in [-0.39, 0.29) is 0 Å². The van der Waals surface area contributed by atoms with Crippen molar-refractivity contribution in [2.24, 2.45) is 5.84 Å². The Hall–Kier alpha value is -1.82. The predicted octanol–water partition coefficient (Wildman–Crippen LogP) is 1.00. The third-order valence-electron chi connectivity index (χ3n) is 3.46. The molecular weight excluding hydrogens is 216 g/mol. The summed E-state index contributed by atoms with van der Waals surface area (Å²) in [4.78, 5) is 11.0. The first-order valence-electron chi connectivity index (χ1n) is 5.83. The highest BCUT2D eigenvalue weighted by atomic mass is 15.3. The number of aromatic nitrogens is 3. The van der Waals surface area contributed by atoms with Crippen molar-refractivity contribution in [2.45, 2.75) is 25.3 Å². The second-order valence-corrected chi connectivity index (χ2v) is 4.45. The Balaban J connectivity index is 2.08. The third-order valence-corrected chi connectivity index (χ3v) is 3.46. The van der Waals surface area contributed by atoms with Crippen LogP contribution in [0.2, 0.25) is 0 Å². The van der Waals surface area contributed by atoms with E-state index in [0.717, 1.165) is 11.5 Å². The largest absolute Gasteiger partial charge is 0.354 e. The monoisotopic (exact) mass is 232 g/mol. The Morgan fingerprint density at radius 1 is 1.53 bits per heavy atom. The zero-order valence-corrected chi connectivity index (χ0v) is 9.80. The first kappa shape index (κ1) is 10.3. The highest BCUT2D eigenvalue weighted by Gasteiger charge is 2.25. The average Bonchev–Trinajstić information content (AvgIpc) is 2.72. The van der Waals surface area contributed by atoms with Gasteiger partial charge < -0.3 is 14.7 Å². The molecule has 1 aliphatic rings. The van der Waals surface area contributed by atoms with Crippen molar-refractivity contribution in [3.8, 4) is 0 Å². The maximum absolute atomic E-state index is 5.44. The number of nitrogens with one attached hydrogen (secondary N) is 1. The lowest BCUT2D eigenvalue weighted by molar-refractivity contribution is 0.399. The van der Waals surface area contributed by atoms with Gasteiger partial charge in [-0.25, -0.2) is 15.8 Å². The summed E-state index contributed by atoms with van der Waals surface area (Å²) in [7, 11) is 2.07. The summed E-state index contributed by atoms with van der Waals surface area (Å²) < 4.78 is 1.94. The van der Waals surface area contributed by atoms with Crippen LogP contribution in [0.15, 0.2) is 18.6 Å². The summed E-state index contributed by atoms with van der Waals surface area (Å²) in [6.07, 6.45) is 9.26. The molecule has 0 amide bonds. The van der Waals surface area contributed by atoms with Gasteiger partial charge in [-0.2, -0.15) is 0 Å². The second kappa shape index (κ2) is 3.89. The molecule has 2 heterocycles. The Morgan fingerprint density at radius 2 is 2.35 bits per heavy atom. The van der Waals surface area contributed by atoms with Gasteiger partial charge in [-0.15, -0.1) is 0 Å². The molecule has 1 aliphatic carbocycles. The molecule has 3 N–H and O–H groups in total. The van der Waals surface area contributed by atoms with Gasteiger partial charge in [0.15, 0.2) is 17.3 Å². The molecule has 0 bridgehead atoms. The van der Waals surface area contributed by atoms with Gasteiger partial charge in [0, 0.05) is 25.5 Å². The molecule has 0 aliphatic heterocycles. The van der Waals surface area contributed by atoms with Crippen LogP contribution in [0.4, 0.5) is 11.6 Å². The van der Waals surface area contributed by atoms with E-state index in [4.69, 9.17) is 5.84 Å². The van der Waals surface area contributed by atoms with Gasteiger partial charge in [0.05, 0.1) is 6.20 Å². The number of nitrogens with zero attached hydrogens (tertiary/aromatic N) is 4. The molecule has 0 unspecified atom stereocenters. The SMILES string of the molecule is CN(c1nc(NN)cn2ccnc12)C1CCC1. The first-order chi connectivity index (χ1) is 8.29. The van der Waals surface area contributed by atoms with Crippen LogP contribution in [0, 0.1) is 0 Å². The van der Waals surface area contributed by atoms with Crippen LogP contribution in [-0.4, -0.2) is 27.5 Å². The number of imidazole rings is 1. The summed E-state index contributed by atoms with van der Waals surface area (Å²) in [5.41, 5.74) is 3.47. The van der Waals surface area contributed by atoms with E-state index in [2.05, 4.69) is 27.3 Å². The highest BCUT2D eigenvalue weighted by molar-refractivity contribution is 5.67. The molecule has 0 spiro atoms. The van der Waals surface area contributed by atoms with Crippen molar-refractivity contribution >= 4 is 17.3 Å². The molecule has 2 aromatic rings. The van der Waals surface area contributed by atoms with E-state index in [0.29, 0.717) is 11.9 Å². The molecule has 3 rings (SSSR count). The molecule has 6 nitrogen and oxygen atoms in total. The number of nitrogens with two attached hydrogens (primary N) is 1. The predicted molar refractivity (Wildman–Crippen MR) is 66.8 cm³/mol. The van der Waals surface area contributed by atoms with Crippen molar-refractivity contribution in [2.75, 3.05) is 17.4 Å². The van der Waals surface area contributed by atoms with Gasteiger partial charge in [-0.3, -0.25) is 0 Å². The topological polar surface area (TPSA) is 71.5 Å². The highest BCUT2D eigenvalue weighted by Crippen LogP contribution is 2.29. The zero-order valence-electron chi connectivity index (χ0n) is 9.80. The van der Waals surface area contributed by atoms with E-state index in [1.165, 1.54) is 19.3 Å². The molecule has 0 saturated heterocycles. The fraction of sp³-hybridized carbons (Fsp3) is 0.455. The summed E-state index contributed by atoms with van der Waals surface area (Å²) in [6.45, 7) is 0. The van der Waals surface area contributed by atoms with Gasteiger partial charge >= 0.3 is 0 Å². The van der Waals surface area contributed by atoms with Crippen molar-refractivity contribution in [1.82, 2.24) is 14.4 Å². The summed E-state index contributed by atoms with van der Waals surface area (Å²) in [6, 6.07) is 0.580. The average molecular weight is 232 g/mol. The van der Waals surface area contributed by atoms with Crippen LogP contribution >= 0.6 is 0 Å². The number of hydrogen-bond donors (Lipinski definition) is 2. The molecule has 0 aromatic carbocycles. The van der Waals surface area contributed by atoms with E-state index >= 15 is 0 Å². The number of hydrogen-bond acceptors (Lipinski definition) is 5. The Bertz CT molecular complexity index is 530. The first-order valence-corrected chi connectivity index (χ1v) is 5.83. The molecule has 17 heavy (non-hydrogen) atoms. The minimum Gasteiger partial charge on any atom is -0.354 e. The van der Waals surface area contributed by atoms with E-state index in [9.17, 15) is 0 Å². The van der Waals surface area contributed by atoms with Crippen molar-refractivity contribution in [1.29, 1.82) is 0 Å². The minimum absolute atomic E-state index is 0.580. The van der Waals surface area contributed by atoms with Crippen molar-refractivity contribution in [3.05, 3.63) is 18.6 Å². The number of anilines is 2. The van der Waals surface area contributed by atoms with Crippen LogP contribution in [0.25, 0.3) is 5.65 Å². The zero-order chi connectivity index (χ0) is 11.8. The van der Waals surface area contributed by atoms with Gasteiger partial charge in [0.25, 0.3) is 0 Å². The van der Waals surface area contributed by atoms with E-state index in [1.54, 1.807) is 6.20 Å². The van der Waals surface area contributed by atoms with Crippen molar-refractivity contribution in [3.63, 3.8) is 0 Å². The number of nitrogen functional groups attached to an aromatic ring is 1. The summed E-state index contributed by atoms with van der Waals surface area (Å²) in [5, 5.41) is 0. The molecule has 1 saturated carbocycles. The molecule has 0 atom stereocenters. The smallest absolute Gasteiger partial charge is 0.180 e. The molecule has 2 aromatic heterocycles. The van der Waals surface area contributed by atoms with Gasteiger partial charge in [0.1, 0.15) is 0 Å². The van der Waals surface area contributed by atoms with Crippen LogP contribution in [0.1, 0.15) is 19.3 Å². The second-order valence-electron chi connectivity index (χ2n) is 4.45. The van der Waals surface area contributed by atoms with Crippen LogP contribution < -0.4 is 16.2 Å². The molecule has 90 valence electrons. The standard InChI is InChI=1S/C11H16N6/c1-16(8-3-2-4-8)11-10-13-5-6-17(10)7-9(14-11)15-12/h5-8,15H,2-4,12H2,1H3. The quantitative estimate of drug-likeness (QED) is 0.610. The Kier molecular flexibility index (Phi) is 2.36. The van der Waals surface area contributed by atoms with Crippen LogP contribution in [0.3, 0.4) is 0 Å². The van der Waals surface area contributed by atoms with E-state index in [1.807, 2.05) is 16.8 Å². The third kappa shape index (κ3) is 1.61. The van der Waals surface area contributed by atoms with Crippen LogP contribution in [-0.2, 0) is 0 Å². The Labute approximate surface area is 99.4 Å². The lowest BCUT2D eigenvalue weighted by Gasteiger charge is -2.35. The molecular formula is C11H16N6. The number of fused-ring (bicyclic) bond motifs is 1. The lowest BCUT2D eigenvalue weighted by atomic mass is 9.92. The Morgan fingerprint density at radius 3 is 3.00 bits per heavy atom. The lowest BCUT2D eigenvalue weighted by Crippen LogP contribution is -2.38. The van der Waals surface area contributed by atoms with Crippen molar-refractivity contribution < 1.29 is 0 Å². The molecule has 0 radical (unpaired) electrons. The molecule has 1 fully saturated rings. The number of hydrazine groups is 1. The van der Waals surface area contributed by atoms with E-state index < -0.39 is 0 Å².